The zero-order valence-corrected chi connectivity index (χ0v) is 13.7. The van der Waals surface area contributed by atoms with Gasteiger partial charge in [0.15, 0.2) is 0 Å². The van der Waals surface area contributed by atoms with Crippen molar-refractivity contribution in [2.75, 3.05) is 31.7 Å². The molecule has 1 aliphatic heterocycles. The lowest BCUT2D eigenvalue weighted by molar-refractivity contribution is 0.227. The molecule has 0 saturated carbocycles. The fourth-order valence-corrected chi connectivity index (χ4v) is 2.81. The predicted octanol–water partition coefficient (Wildman–Crippen LogP) is 2.94. The maximum absolute atomic E-state index is 5.93. The summed E-state index contributed by atoms with van der Waals surface area (Å²) in [4.78, 5) is 6.60. The van der Waals surface area contributed by atoms with Crippen LogP contribution in [0.2, 0.25) is 0 Å². The first-order valence-electron chi connectivity index (χ1n) is 8.13. The molecular weight excluding hydrogens is 294 g/mol. The number of methoxy groups -OCH3 is 1. The molecule has 1 saturated heterocycles. The fourth-order valence-electron chi connectivity index (χ4n) is 2.81. The average Bonchev–Trinajstić information content (AvgIpc) is 3.10. The molecule has 124 valence electrons. The van der Waals surface area contributed by atoms with E-state index < -0.39 is 0 Å². The SMILES string of the molecule is CCc1nc(N2CCC[C@H](COc3cccc(OC)c3)C2)no1. The Labute approximate surface area is 136 Å². The maximum atomic E-state index is 5.93. The van der Waals surface area contributed by atoms with E-state index in [1.165, 1.54) is 0 Å². The molecule has 2 aromatic rings. The number of hydrogen-bond donors (Lipinski definition) is 0. The number of benzene rings is 1. The molecule has 0 amide bonds. The van der Waals surface area contributed by atoms with E-state index >= 15 is 0 Å². The highest BCUT2D eigenvalue weighted by atomic mass is 16.5. The summed E-state index contributed by atoms with van der Waals surface area (Å²) in [5.74, 6) is 3.50. The van der Waals surface area contributed by atoms with Gasteiger partial charge in [0.25, 0.3) is 5.95 Å². The molecule has 0 bridgehead atoms. The van der Waals surface area contributed by atoms with Crippen LogP contribution in [0.15, 0.2) is 28.8 Å². The molecule has 0 unspecified atom stereocenters. The highest BCUT2D eigenvalue weighted by molar-refractivity contribution is 5.33. The minimum absolute atomic E-state index is 0.457. The zero-order chi connectivity index (χ0) is 16.1. The van der Waals surface area contributed by atoms with Crippen molar-refractivity contribution in [1.29, 1.82) is 0 Å². The Balaban J connectivity index is 1.56. The average molecular weight is 317 g/mol. The fraction of sp³-hybridized carbons (Fsp3) is 0.529. The second-order valence-corrected chi connectivity index (χ2v) is 5.79. The molecule has 1 aromatic heterocycles. The van der Waals surface area contributed by atoms with Crippen LogP contribution in [0.1, 0.15) is 25.7 Å². The van der Waals surface area contributed by atoms with E-state index in [4.69, 9.17) is 14.0 Å². The number of hydrogen-bond acceptors (Lipinski definition) is 6. The van der Waals surface area contributed by atoms with E-state index in [-0.39, 0.29) is 0 Å². The number of anilines is 1. The first-order chi connectivity index (χ1) is 11.3. The lowest BCUT2D eigenvalue weighted by Crippen LogP contribution is -2.38. The van der Waals surface area contributed by atoms with Crippen LogP contribution in [0.4, 0.5) is 5.95 Å². The van der Waals surface area contributed by atoms with Gasteiger partial charge < -0.3 is 18.9 Å². The summed E-state index contributed by atoms with van der Waals surface area (Å²) in [5, 5.41) is 4.07. The summed E-state index contributed by atoms with van der Waals surface area (Å²) in [6.07, 6.45) is 3.03. The van der Waals surface area contributed by atoms with Gasteiger partial charge in [-0.3, -0.25) is 0 Å². The molecule has 0 aliphatic carbocycles. The molecule has 0 radical (unpaired) electrons. The van der Waals surface area contributed by atoms with Gasteiger partial charge in [-0.25, -0.2) is 0 Å². The predicted molar refractivity (Wildman–Crippen MR) is 87.1 cm³/mol. The molecule has 6 heteroatoms. The van der Waals surface area contributed by atoms with Crippen molar-refractivity contribution in [2.45, 2.75) is 26.2 Å². The van der Waals surface area contributed by atoms with Crippen molar-refractivity contribution in [3.63, 3.8) is 0 Å². The molecule has 1 fully saturated rings. The molecule has 3 rings (SSSR count). The molecule has 2 heterocycles. The van der Waals surface area contributed by atoms with Gasteiger partial charge in [0.1, 0.15) is 11.5 Å². The van der Waals surface area contributed by atoms with Crippen LogP contribution in [0.5, 0.6) is 11.5 Å². The third kappa shape index (κ3) is 3.94. The van der Waals surface area contributed by atoms with Crippen LogP contribution in [0.25, 0.3) is 0 Å². The van der Waals surface area contributed by atoms with Crippen LogP contribution in [0.3, 0.4) is 0 Å². The van der Waals surface area contributed by atoms with Crippen molar-refractivity contribution in [3.8, 4) is 11.5 Å². The molecule has 6 nitrogen and oxygen atoms in total. The minimum Gasteiger partial charge on any atom is -0.497 e. The normalized spacial score (nSPS) is 18.0. The van der Waals surface area contributed by atoms with Gasteiger partial charge in [-0.2, -0.15) is 4.98 Å². The standard InChI is InChI=1S/C17H23N3O3/c1-3-16-18-17(19-23-16)20-9-5-6-13(11-20)12-22-15-8-4-7-14(10-15)21-2/h4,7-8,10,13H,3,5-6,9,11-12H2,1-2H3/t13-/m0/s1. The number of ether oxygens (including phenoxy) is 2. The van der Waals surface area contributed by atoms with E-state index in [2.05, 4.69) is 15.0 Å². The van der Waals surface area contributed by atoms with Crippen molar-refractivity contribution in [3.05, 3.63) is 30.2 Å². The third-order valence-electron chi connectivity index (χ3n) is 4.09. The lowest BCUT2D eigenvalue weighted by atomic mass is 9.99. The second kappa shape index (κ2) is 7.35. The van der Waals surface area contributed by atoms with Gasteiger partial charge in [-0.15, -0.1) is 0 Å². The van der Waals surface area contributed by atoms with Crippen LogP contribution in [-0.4, -0.2) is 36.9 Å². The zero-order valence-electron chi connectivity index (χ0n) is 13.7. The van der Waals surface area contributed by atoms with Gasteiger partial charge in [-0.05, 0) is 30.1 Å². The molecule has 0 N–H and O–H groups in total. The highest BCUT2D eigenvalue weighted by Crippen LogP contribution is 2.24. The maximum Gasteiger partial charge on any atom is 0.266 e. The van der Waals surface area contributed by atoms with Gasteiger partial charge >= 0.3 is 0 Å². The summed E-state index contributed by atoms with van der Waals surface area (Å²) in [6, 6.07) is 7.72. The lowest BCUT2D eigenvalue weighted by Gasteiger charge is -2.31. The van der Waals surface area contributed by atoms with Gasteiger partial charge in [-0.1, -0.05) is 13.0 Å². The van der Waals surface area contributed by atoms with Gasteiger partial charge in [0.05, 0.1) is 13.7 Å². The van der Waals surface area contributed by atoms with Gasteiger partial charge in [0.2, 0.25) is 5.89 Å². The number of nitrogens with zero attached hydrogens (tertiary/aromatic N) is 3. The van der Waals surface area contributed by atoms with Crippen LogP contribution in [-0.2, 0) is 6.42 Å². The van der Waals surface area contributed by atoms with E-state index in [0.29, 0.717) is 24.4 Å². The van der Waals surface area contributed by atoms with Crippen molar-refractivity contribution in [1.82, 2.24) is 10.1 Å². The first-order valence-corrected chi connectivity index (χ1v) is 8.13. The number of aromatic nitrogens is 2. The Morgan fingerprint density at radius 3 is 3.00 bits per heavy atom. The molecule has 0 spiro atoms. The van der Waals surface area contributed by atoms with Crippen LogP contribution in [0, 0.1) is 5.92 Å². The smallest absolute Gasteiger partial charge is 0.266 e. The largest absolute Gasteiger partial charge is 0.497 e. The van der Waals surface area contributed by atoms with Crippen LogP contribution < -0.4 is 14.4 Å². The number of rotatable bonds is 6. The molecule has 1 atom stereocenters. The van der Waals surface area contributed by atoms with E-state index in [1.807, 2.05) is 31.2 Å². The van der Waals surface area contributed by atoms with E-state index in [9.17, 15) is 0 Å². The quantitative estimate of drug-likeness (QED) is 0.816. The molecular formula is C17H23N3O3. The monoisotopic (exact) mass is 317 g/mol. The first kappa shape index (κ1) is 15.6. The number of aryl methyl sites for hydroxylation is 1. The Morgan fingerprint density at radius 1 is 1.35 bits per heavy atom. The Hall–Kier alpha value is -2.24. The Morgan fingerprint density at radius 2 is 2.22 bits per heavy atom. The minimum atomic E-state index is 0.457. The van der Waals surface area contributed by atoms with Crippen LogP contribution >= 0.6 is 0 Å². The topological polar surface area (TPSA) is 60.6 Å². The summed E-state index contributed by atoms with van der Waals surface area (Å²) in [5.41, 5.74) is 0. The molecule has 23 heavy (non-hydrogen) atoms. The van der Waals surface area contributed by atoms with Crippen molar-refractivity contribution < 1.29 is 14.0 Å². The van der Waals surface area contributed by atoms with E-state index in [1.54, 1.807) is 7.11 Å². The highest BCUT2D eigenvalue weighted by Gasteiger charge is 2.23. The van der Waals surface area contributed by atoms with Crippen molar-refractivity contribution in [2.24, 2.45) is 5.92 Å². The Kier molecular flexibility index (Phi) is 5.00. The summed E-state index contributed by atoms with van der Waals surface area (Å²) < 4.78 is 16.4. The summed E-state index contributed by atoms with van der Waals surface area (Å²) >= 11 is 0. The van der Waals surface area contributed by atoms with E-state index in [0.717, 1.165) is 43.9 Å². The Bertz CT molecular complexity index is 629. The molecule has 1 aromatic carbocycles. The second-order valence-electron chi connectivity index (χ2n) is 5.79. The third-order valence-corrected chi connectivity index (χ3v) is 4.09. The molecule has 1 aliphatic rings. The van der Waals surface area contributed by atoms with Gasteiger partial charge in [0, 0.05) is 31.5 Å². The van der Waals surface area contributed by atoms with Crippen molar-refractivity contribution >= 4 is 5.95 Å². The summed E-state index contributed by atoms with van der Waals surface area (Å²) in [7, 11) is 1.66. The summed E-state index contributed by atoms with van der Waals surface area (Å²) in [6.45, 7) is 4.56. The number of piperidine rings is 1.